The first-order valence-electron chi connectivity index (χ1n) is 6.71. The summed E-state index contributed by atoms with van der Waals surface area (Å²) in [5, 5.41) is 3.13. The Morgan fingerprint density at radius 2 is 2.05 bits per heavy atom. The van der Waals surface area contributed by atoms with E-state index in [1.807, 2.05) is 42.2 Å². The minimum Gasteiger partial charge on any atom is -0.358 e. The number of benzene rings is 1. The molecule has 0 saturated carbocycles. The van der Waals surface area contributed by atoms with Crippen LogP contribution in [0.25, 0.3) is 0 Å². The highest BCUT2D eigenvalue weighted by molar-refractivity contribution is 6.29. The summed E-state index contributed by atoms with van der Waals surface area (Å²) in [5.41, 5.74) is 3.17. The molecule has 0 aliphatic carbocycles. The van der Waals surface area contributed by atoms with Crippen LogP contribution in [0.1, 0.15) is 11.1 Å². The van der Waals surface area contributed by atoms with Crippen molar-refractivity contribution in [2.24, 2.45) is 0 Å². The van der Waals surface area contributed by atoms with Gasteiger partial charge in [0.2, 0.25) is 5.91 Å². The van der Waals surface area contributed by atoms with E-state index in [0.29, 0.717) is 18.2 Å². The van der Waals surface area contributed by atoms with Crippen molar-refractivity contribution in [3.63, 3.8) is 0 Å². The number of amides is 1. The van der Waals surface area contributed by atoms with Crippen LogP contribution in [-0.2, 0) is 11.3 Å². The van der Waals surface area contributed by atoms with Gasteiger partial charge in [-0.05, 0) is 30.2 Å². The summed E-state index contributed by atoms with van der Waals surface area (Å²) in [5.74, 6) is -0.0276. The van der Waals surface area contributed by atoms with Crippen molar-refractivity contribution in [2.45, 2.75) is 13.5 Å². The van der Waals surface area contributed by atoms with Gasteiger partial charge in [-0.1, -0.05) is 35.9 Å². The SMILES string of the molecule is CNC(=O)CN(Cc1ccc(Cl)nc1)c1ccccc1C. The molecular formula is C16H18ClN3O. The van der Waals surface area contributed by atoms with E-state index in [1.165, 1.54) is 0 Å². The Balaban J connectivity index is 2.25. The minimum absolute atomic E-state index is 0.0276. The van der Waals surface area contributed by atoms with Gasteiger partial charge in [0.1, 0.15) is 5.15 Å². The van der Waals surface area contributed by atoms with Crippen LogP contribution in [0.4, 0.5) is 5.69 Å². The molecule has 1 N–H and O–H groups in total. The van der Waals surface area contributed by atoms with E-state index in [-0.39, 0.29) is 5.91 Å². The smallest absolute Gasteiger partial charge is 0.239 e. The number of hydrogen-bond donors (Lipinski definition) is 1. The minimum atomic E-state index is -0.0276. The van der Waals surface area contributed by atoms with Gasteiger partial charge in [-0.25, -0.2) is 4.98 Å². The molecule has 110 valence electrons. The molecule has 2 aromatic rings. The van der Waals surface area contributed by atoms with E-state index in [4.69, 9.17) is 11.6 Å². The molecule has 1 amide bonds. The lowest BCUT2D eigenvalue weighted by atomic mass is 10.1. The van der Waals surface area contributed by atoms with Crippen LogP contribution in [0.15, 0.2) is 42.6 Å². The molecule has 21 heavy (non-hydrogen) atoms. The van der Waals surface area contributed by atoms with E-state index in [0.717, 1.165) is 16.8 Å². The lowest BCUT2D eigenvalue weighted by Crippen LogP contribution is -2.35. The lowest BCUT2D eigenvalue weighted by molar-refractivity contribution is -0.119. The van der Waals surface area contributed by atoms with Crippen LogP contribution < -0.4 is 10.2 Å². The number of carbonyl (C=O) groups excluding carboxylic acids is 1. The normalized spacial score (nSPS) is 10.2. The number of halogens is 1. The molecule has 0 spiro atoms. The summed E-state index contributed by atoms with van der Waals surface area (Å²) in [6.45, 7) is 2.93. The highest BCUT2D eigenvalue weighted by Crippen LogP contribution is 2.21. The average molecular weight is 304 g/mol. The van der Waals surface area contributed by atoms with E-state index in [2.05, 4.69) is 10.3 Å². The van der Waals surface area contributed by atoms with Gasteiger partial charge in [0.05, 0.1) is 6.54 Å². The van der Waals surface area contributed by atoms with Gasteiger partial charge in [-0.15, -0.1) is 0 Å². The molecule has 0 aliphatic heterocycles. The molecule has 4 nitrogen and oxygen atoms in total. The van der Waals surface area contributed by atoms with Crippen molar-refractivity contribution in [3.8, 4) is 0 Å². The number of likely N-dealkylation sites (N-methyl/N-ethyl adjacent to an activating group) is 1. The molecule has 1 aromatic heterocycles. The Hall–Kier alpha value is -2.07. The second kappa shape index (κ2) is 7.09. The van der Waals surface area contributed by atoms with Gasteiger partial charge in [0.15, 0.2) is 0 Å². The third-order valence-corrected chi connectivity index (χ3v) is 3.46. The van der Waals surface area contributed by atoms with Crippen LogP contribution >= 0.6 is 11.6 Å². The maximum Gasteiger partial charge on any atom is 0.239 e. The summed E-state index contributed by atoms with van der Waals surface area (Å²) < 4.78 is 0. The van der Waals surface area contributed by atoms with Crippen LogP contribution in [0, 0.1) is 6.92 Å². The number of nitrogens with one attached hydrogen (secondary N) is 1. The molecule has 0 fully saturated rings. The maximum absolute atomic E-state index is 11.8. The summed E-state index contributed by atoms with van der Waals surface area (Å²) in [6.07, 6.45) is 1.73. The molecule has 0 bridgehead atoms. The predicted octanol–water partition coefficient (Wildman–Crippen LogP) is 2.80. The van der Waals surface area contributed by atoms with E-state index >= 15 is 0 Å². The van der Waals surface area contributed by atoms with E-state index in [9.17, 15) is 4.79 Å². The molecule has 2 rings (SSSR count). The highest BCUT2D eigenvalue weighted by Gasteiger charge is 2.13. The topological polar surface area (TPSA) is 45.2 Å². The van der Waals surface area contributed by atoms with Crippen molar-refractivity contribution < 1.29 is 4.79 Å². The zero-order valence-corrected chi connectivity index (χ0v) is 12.9. The number of carbonyl (C=O) groups is 1. The number of para-hydroxylation sites is 1. The van der Waals surface area contributed by atoms with Gasteiger partial charge in [0.25, 0.3) is 0 Å². The fraction of sp³-hybridized carbons (Fsp3) is 0.250. The fourth-order valence-electron chi connectivity index (χ4n) is 2.12. The number of pyridine rings is 1. The summed E-state index contributed by atoms with van der Waals surface area (Å²) in [7, 11) is 1.64. The summed E-state index contributed by atoms with van der Waals surface area (Å²) >= 11 is 5.81. The zero-order valence-electron chi connectivity index (χ0n) is 12.1. The van der Waals surface area contributed by atoms with Gasteiger partial charge < -0.3 is 10.2 Å². The first-order chi connectivity index (χ1) is 10.1. The Bertz CT molecular complexity index is 613. The summed E-state index contributed by atoms with van der Waals surface area (Å²) in [4.78, 5) is 17.9. The van der Waals surface area contributed by atoms with Crippen LogP contribution in [0.5, 0.6) is 0 Å². The Labute approximate surface area is 129 Å². The molecule has 0 aliphatic rings. The van der Waals surface area contributed by atoms with Gasteiger partial charge in [0, 0.05) is 25.5 Å². The fourth-order valence-corrected chi connectivity index (χ4v) is 2.23. The quantitative estimate of drug-likeness (QED) is 0.864. The zero-order chi connectivity index (χ0) is 15.2. The first-order valence-corrected chi connectivity index (χ1v) is 7.09. The third-order valence-electron chi connectivity index (χ3n) is 3.23. The molecule has 0 unspecified atom stereocenters. The molecule has 0 saturated heterocycles. The molecule has 5 heteroatoms. The van der Waals surface area contributed by atoms with Gasteiger partial charge >= 0.3 is 0 Å². The second-order valence-electron chi connectivity index (χ2n) is 4.80. The predicted molar refractivity (Wildman–Crippen MR) is 85.5 cm³/mol. The molecular weight excluding hydrogens is 286 g/mol. The second-order valence-corrected chi connectivity index (χ2v) is 5.19. The van der Waals surface area contributed by atoms with Crippen molar-refractivity contribution in [1.29, 1.82) is 0 Å². The molecule has 1 heterocycles. The van der Waals surface area contributed by atoms with Crippen molar-refractivity contribution >= 4 is 23.2 Å². The average Bonchev–Trinajstić information content (AvgIpc) is 2.49. The number of aromatic nitrogens is 1. The van der Waals surface area contributed by atoms with Gasteiger partial charge in [-0.3, -0.25) is 4.79 Å². The van der Waals surface area contributed by atoms with Crippen LogP contribution in [0.2, 0.25) is 5.15 Å². The van der Waals surface area contributed by atoms with E-state index in [1.54, 1.807) is 19.3 Å². The molecule has 0 atom stereocenters. The molecule has 1 aromatic carbocycles. The lowest BCUT2D eigenvalue weighted by Gasteiger charge is -2.25. The van der Waals surface area contributed by atoms with Crippen molar-refractivity contribution in [2.75, 3.05) is 18.5 Å². The molecule has 0 radical (unpaired) electrons. The first kappa shape index (κ1) is 15.3. The van der Waals surface area contributed by atoms with Crippen molar-refractivity contribution in [1.82, 2.24) is 10.3 Å². The number of aryl methyl sites for hydroxylation is 1. The monoisotopic (exact) mass is 303 g/mol. The third kappa shape index (κ3) is 4.20. The highest BCUT2D eigenvalue weighted by atomic mass is 35.5. The Morgan fingerprint density at radius 3 is 2.67 bits per heavy atom. The van der Waals surface area contributed by atoms with Crippen LogP contribution in [0.3, 0.4) is 0 Å². The van der Waals surface area contributed by atoms with Gasteiger partial charge in [-0.2, -0.15) is 0 Å². The number of hydrogen-bond acceptors (Lipinski definition) is 3. The maximum atomic E-state index is 11.8. The number of anilines is 1. The van der Waals surface area contributed by atoms with Crippen LogP contribution in [-0.4, -0.2) is 24.5 Å². The largest absolute Gasteiger partial charge is 0.358 e. The Morgan fingerprint density at radius 1 is 1.29 bits per heavy atom. The number of nitrogens with zero attached hydrogens (tertiary/aromatic N) is 2. The van der Waals surface area contributed by atoms with Crippen molar-refractivity contribution in [3.05, 3.63) is 58.9 Å². The van der Waals surface area contributed by atoms with E-state index < -0.39 is 0 Å². The summed E-state index contributed by atoms with van der Waals surface area (Å²) in [6, 6.07) is 11.7. The standard InChI is InChI=1S/C16H18ClN3O/c1-12-5-3-4-6-14(12)20(11-16(21)18-2)10-13-7-8-15(17)19-9-13/h3-9H,10-11H2,1-2H3,(H,18,21). The Kier molecular flexibility index (Phi) is 5.17. The number of rotatable bonds is 5.